The summed E-state index contributed by atoms with van der Waals surface area (Å²) in [6.07, 6.45) is 4.54. The maximum Gasteiger partial charge on any atom is 0.243 e. The van der Waals surface area contributed by atoms with Gasteiger partial charge in [-0.05, 0) is 69.6 Å². The van der Waals surface area contributed by atoms with Gasteiger partial charge in [0.1, 0.15) is 23.4 Å². The second-order valence-electron chi connectivity index (χ2n) is 12.4. The van der Waals surface area contributed by atoms with E-state index in [9.17, 15) is 19.2 Å². The Labute approximate surface area is 259 Å². The van der Waals surface area contributed by atoms with Gasteiger partial charge in [-0.3, -0.25) is 24.1 Å². The van der Waals surface area contributed by atoms with E-state index in [1.807, 2.05) is 17.0 Å². The molecule has 1 aliphatic carbocycles. The molecule has 12 heteroatoms. The molecule has 1 saturated carbocycles. The summed E-state index contributed by atoms with van der Waals surface area (Å²) in [5.74, 6) is -0.465. The van der Waals surface area contributed by atoms with E-state index in [2.05, 4.69) is 16.0 Å². The molecule has 0 bridgehead atoms. The molecule has 0 unspecified atom stereocenters. The summed E-state index contributed by atoms with van der Waals surface area (Å²) in [4.78, 5) is 55.2. The first-order chi connectivity index (χ1) is 21.1. The van der Waals surface area contributed by atoms with E-state index in [0.29, 0.717) is 45.1 Å². The van der Waals surface area contributed by atoms with E-state index in [4.69, 9.17) is 18.9 Å². The smallest absolute Gasteiger partial charge is 0.243 e. The first-order valence-electron chi connectivity index (χ1n) is 15.6. The predicted octanol–water partition coefficient (Wildman–Crippen LogP) is 0.998. The number of ketones is 1. The molecule has 1 aromatic rings. The molecule has 4 atom stereocenters. The predicted molar refractivity (Wildman–Crippen MR) is 162 cm³/mol. The molecule has 44 heavy (non-hydrogen) atoms. The lowest BCUT2D eigenvalue weighted by Gasteiger charge is -2.31. The van der Waals surface area contributed by atoms with Gasteiger partial charge in [-0.25, -0.2) is 0 Å². The highest BCUT2D eigenvalue weighted by Crippen LogP contribution is 2.33. The second-order valence-corrected chi connectivity index (χ2v) is 12.4. The molecular weight excluding hydrogens is 568 g/mol. The monoisotopic (exact) mass is 616 g/mol. The highest BCUT2D eigenvalue weighted by molar-refractivity contribution is 5.98. The van der Waals surface area contributed by atoms with Crippen molar-refractivity contribution in [2.75, 3.05) is 53.7 Å². The summed E-state index contributed by atoms with van der Waals surface area (Å²) in [6, 6.07) is 4.62. The molecule has 12 nitrogen and oxygen atoms in total. The molecule has 2 saturated heterocycles. The minimum absolute atomic E-state index is 0.155. The van der Waals surface area contributed by atoms with Gasteiger partial charge in [0, 0.05) is 26.6 Å². The van der Waals surface area contributed by atoms with Crippen LogP contribution in [0.5, 0.6) is 5.75 Å². The van der Waals surface area contributed by atoms with Crippen molar-refractivity contribution in [3.05, 3.63) is 29.8 Å². The average molecular weight is 617 g/mol. The number of benzene rings is 1. The van der Waals surface area contributed by atoms with Crippen LogP contribution >= 0.6 is 0 Å². The van der Waals surface area contributed by atoms with E-state index in [1.165, 1.54) is 0 Å². The molecule has 0 aromatic heterocycles. The maximum atomic E-state index is 13.8. The third-order valence-corrected chi connectivity index (χ3v) is 8.90. The van der Waals surface area contributed by atoms with E-state index in [1.54, 1.807) is 40.2 Å². The fourth-order valence-corrected chi connectivity index (χ4v) is 5.88. The molecule has 1 aromatic carbocycles. The first-order valence-corrected chi connectivity index (χ1v) is 15.6. The number of hydrogen-bond acceptors (Lipinski definition) is 9. The van der Waals surface area contributed by atoms with Crippen LogP contribution in [0.25, 0.3) is 0 Å². The molecule has 3 amide bonds. The molecule has 244 valence electrons. The van der Waals surface area contributed by atoms with Crippen LogP contribution in [0.15, 0.2) is 24.3 Å². The van der Waals surface area contributed by atoms with Crippen LogP contribution in [0.4, 0.5) is 0 Å². The lowest BCUT2D eigenvalue weighted by atomic mass is 9.81. The van der Waals surface area contributed by atoms with Gasteiger partial charge in [-0.2, -0.15) is 0 Å². The number of rotatable bonds is 15. The quantitative estimate of drug-likeness (QED) is 0.246. The number of amides is 3. The summed E-state index contributed by atoms with van der Waals surface area (Å²) in [6.45, 7) is 6.24. The summed E-state index contributed by atoms with van der Waals surface area (Å²) >= 11 is 0. The second kappa shape index (κ2) is 15.8. The Morgan fingerprint density at radius 1 is 0.955 bits per heavy atom. The number of carbonyl (C=O) groups is 4. The van der Waals surface area contributed by atoms with Gasteiger partial charge in [0.2, 0.25) is 17.7 Å². The third-order valence-electron chi connectivity index (χ3n) is 8.90. The standard InChI is InChI=1S/C32H48N4O8/c1-21(33-28(37)19-36-13-15-43-16-14-36)30(39)35-27(18-23-7-11-25(42-4)12-8-23)31(40)34-26(29(38)32(2)20-44-32)17-22-5-9-24(41-3)10-6-22/h7-8,11-12,21-22,24,26-27H,5-6,9-10,13-20H2,1-4H3,(H,33,37)(H,34,40)(H,35,39)/t21-,22?,24?,26-,27-,32+/m0/s1. The van der Waals surface area contributed by atoms with Gasteiger partial charge < -0.3 is 34.9 Å². The lowest BCUT2D eigenvalue weighted by Crippen LogP contribution is -2.57. The van der Waals surface area contributed by atoms with Gasteiger partial charge >= 0.3 is 0 Å². The van der Waals surface area contributed by atoms with Gasteiger partial charge in [0.05, 0.1) is 45.6 Å². The van der Waals surface area contributed by atoms with Crippen LogP contribution in [0.1, 0.15) is 51.5 Å². The van der Waals surface area contributed by atoms with Crippen molar-refractivity contribution in [3.63, 3.8) is 0 Å². The number of nitrogens with one attached hydrogen (secondary N) is 3. The largest absolute Gasteiger partial charge is 0.497 e. The number of Topliss-reactive ketones (excluding diaryl/α,β-unsaturated/α-hetero) is 1. The highest BCUT2D eigenvalue weighted by Gasteiger charge is 2.50. The van der Waals surface area contributed by atoms with E-state index in [-0.39, 0.29) is 36.7 Å². The molecule has 3 fully saturated rings. The maximum absolute atomic E-state index is 13.8. The van der Waals surface area contributed by atoms with Crippen molar-refractivity contribution in [3.8, 4) is 5.75 Å². The van der Waals surface area contributed by atoms with E-state index >= 15 is 0 Å². The summed E-state index contributed by atoms with van der Waals surface area (Å²) in [5.41, 5.74) is -0.108. The Kier molecular flexibility index (Phi) is 12.1. The zero-order valence-corrected chi connectivity index (χ0v) is 26.4. The van der Waals surface area contributed by atoms with Crippen molar-refractivity contribution in [2.45, 2.75) is 82.2 Å². The number of epoxide rings is 1. The van der Waals surface area contributed by atoms with Crippen molar-refractivity contribution in [2.24, 2.45) is 5.92 Å². The number of hydrogen-bond donors (Lipinski definition) is 3. The zero-order valence-electron chi connectivity index (χ0n) is 26.4. The van der Waals surface area contributed by atoms with Crippen LogP contribution in [0.3, 0.4) is 0 Å². The van der Waals surface area contributed by atoms with Crippen molar-refractivity contribution < 1.29 is 38.1 Å². The lowest BCUT2D eigenvalue weighted by molar-refractivity contribution is -0.134. The van der Waals surface area contributed by atoms with Crippen LogP contribution in [0, 0.1) is 5.92 Å². The SMILES string of the molecule is COc1ccc(C[C@H](NC(=O)[C@H](C)NC(=O)CN2CCOCC2)C(=O)N[C@@H](CC2CCC(OC)CC2)C(=O)[C@@]2(C)CO2)cc1. The Morgan fingerprint density at radius 3 is 2.18 bits per heavy atom. The minimum Gasteiger partial charge on any atom is -0.497 e. The fraction of sp³-hybridized carbons (Fsp3) is 0.688. The van der Waals surface area contributed by atoms with Crippen molar-refractivity contribution in [1.29, 1.82) is 0 Å². The molecule has 0 radical (unpaired) electrons. The Bertz CT molecular complexity index is 1130. The van der Waals surface area contributed by atoms with Gasteiger partial charge in [-0.15, -0.1) is 0 Å². The Balaban J connectivity index is 1.44. The van der Waals surface area contributed by atoms with Gasteiger partial charge in [-0.1, -0.05) is 12.1 Å². The van der Waals surface area contributed by atoms with Gasteiger partial charge in [0.25, 0.3) is 0 Å². The van der Waals surface area contributed by atoms with Crippen LogP contribution in [-0.2, 0) is 39.8 Å². The van der Waals surface area contributed by atoms with Crippen molar-refractivity contribution >= 4 is 23.5 Å². The minimum atomic E-state index is -0.984. The van der Waals surface area contributed by atoms with Crippen LogP contribution < -0.4 is 20.7 Å². The molecule has 2 heterocycles. The van der Waals surface area contributed by atoms with Crippen molar-refractivity contribution in [1.82, 2.24) is 20.9 Å². The summed E-state index contributed by atoms with van der Waals surface area (Å²) < 4.78 is 21.5. The number of carbonyl (C=O) groups excluding carboxylic acids is 4. The molecular formula is C32H48N4O8. The summed E-state index contributed by atoms with van der Waals surface area (Å²) in [7, 11) is 3.29. The highest BCUT2D eigenvalue weighted by atomic mass is 16.6. The Morgan fingerprint density at radius 2 is 1.59 bits per heavy atom. The Hall–Kier alpha value is -3.06. The van der Waals surface area contributed by atoms with Gasteiger partial charge in [0.15, 0.2) is 5.78 Å². The molecule has 3 aliphatic rings. The normalized spacial score (nSPS) is 25.6. The van der Waals surface area contributed by atoms with Crippen LogP contribution in [-0.4, -0.2) is 112 Å². The molecule has 3 N–H and O–H groups in total. The number of nitrogens with zero attached hydrogens (tertiary/aromatic N) is 1. The molecule has 0 spiro atoms. The fourth-order valence-electron chi connectivity index (χ4n) is 5.88. The molecule has 4 rings (SSSR count). The summed E-state index contributed by atoms with van der Waals surface area (Å²) in [5, 5.41) is 8.54. The number of methoxy groups -OCH3 is 2. The topological polar surface area (TPSA) is 148 Å². The van der Waals surface area contributed by atoms with E-state index in [0.717, 1.165) is 31.2 Å². The van der Waals surface area contributed by atoms with Crippen LogP contribution in [0.2, 0.25) is 0 Å². The average Bonchev–Trinajstić information content (AvgIpc) is 3.79. The zero-order chi connectivity index (χ0) is 31.7. The third kappa shape index (κ3) is 9.72. The molecule has 2 aliphatic heterocycles. The van der Waals surface area contributed by atoms with E-state index < -0.39 is 35.5 Å². The first kappa shape index (κ1) is 33.8. The number of morpholine rings is 1. The number of ether oxygens (including phenoxy) is 4.